The quantitative estimate of drug-likeness (QED) is 0.861. The van der Waals surface area contributed by atoms with Crippen molar-refractivity contribution in [2.45, 2.75) is 6.04 Å². The number of carbonyl (C=O) groups is 1. The second-order valence-corrected chi connectivity index (χ2v) is 5.86. The Kier molecular flexibility index (Phi) is 4.07. The van der Waals surface area contributed by atoms with Gasteiger partial charge >= 0.3 is 0 Å². The maximum Gasteiger partial charge on any atom is 0.257 e. The summed E-state index contributed by atoms with van der Waals surface area (Å²) in [6.07, 6.45) is 1.70. The molecule has 0 aromatic carbocycles. The molecule has 0 unspecified atom stereocenters. The van der Waals surface area contributed by atoms with Crippen molar-refractivity contribution in [2.75, 3.05) is 52.3 Å². The van der Waals surface area contributed by atoms with Crippen LogP contribution in [-0.4, -0.2) is 73.7 Å². The average Bonchev–Trinajstić information content (AvgIpc) is 2.75. The van der Waals surface area contributed by atoms with E-state index >= 15 is 0 Å². The first-order valence-corrected chi connectivity index (χ1v) is 7.39. The van der Waals surface area contributed by atoms with Crippen LogP contribution in [0, 0.1) is 5.92 Å². The van der Waals surface area contributed by atoms with Crippen LogP contribution in [0.4, 0.5) is 5.82 Å². The second kappa shape index (κ2) is 5.99. The molecule has 2 atom stereocenters. The lowest BCUT2D eigenvalue weighted by Crippen LogP contribution is -2.44. The van der Waals surface area contributed by atoms with E-state index in [9.17, 15) is 4.79 Å². The van der Waals surface area contributed by atoms with Crippen molar-refractivity contribution in [1.82, 2.24) is 14.8 Å². The zero-order chi connectivity index (χ0) is 14.8. The van der Waals surface area contributed by atoms with E-state index in [1.807, 2.05) is 17.0 Å². The van der Waals surface area contributed by atoms with Crippen LogP contribution in [0.1, 0.15) is 10.4 Å². The number of pyridine rings is 1. The third-order valence-electron chi connectivity index (χ3n) is 4.31. The van der Waals surface area contributed by atoms with E-state index in [0.29, 0.717) is 30.5 Å². The summed E-state index contributed by atoms with van der Waals surface area (Å²) in [5.74, 6) is 1.07. The highest BCUT2D eigenvalue weighted by Gasteiger charge is 2.34. The lowest BCUT2D eigenvalue weighted by molar-refractivity contribution is 0.0434. The topological polar surface area (TPSA) is 57.7 Å². The average molecular weight is 290 g/mol. The molecule has 0 aliphatic carbocycles. The number of aromatic nitrogens is 1. The summed E-state index contributed by atoms with van der Waals surface area (Å²) in [5, 5.41) is 3.00. The van der Waals surface area contributed by atoms with Gasteiger partial charge in [-0.25, -0.2) is 4.98 Å². The normalized spacial score (nSPS) is 26.3. The molecule has 1 amide bonds. The number of hydrogen-bond donors (Lipinski definition) is 1. The van der Waals surface area contributed by atoms with Gasteiger partial charge in [-0.15, -0.1) is 0 Å². The van der Waals surface area contributed by atoms with Gasteiger partial charge in [0, 0.05) is 38.8 Å². The first kappa shape index (κ1) is 14.3. The summed E-state index contributed by atoms with van der Waals surface area (Å²) >= 11 is 0. The predicted molar refractivity (Wildman–Crippen MR) is 80.4 cm³/mol. The minimum atomic E-state index is 0.0552. The SMILES string of the molecule is CNc1ncccc1C(=O)N1C[C@@H]2COC[C@H](C1)N(C)C2. The fourth-order valence-corrected chi connectivity index (χ4v) is 3.16. The summed E-state index contributed by atoms with van der Waals surface area (Å²) in [7, 11) is 3.90. The van der Waals surface area contributed by atoms with Gasteiger partial charge in [0.25, 0.3) is 5.91 Å². The molecular formula is C15H22N4O2. The molecule has 6 nitrogen and oxygen atoms in total. The number of nitrogens with zero attached hydrogens (tertiary/aromatic N) is 3. The fourth-order valence-electron chi connectivity index (χ4n) is 3.16. The zero-order valence-corrected chi connectivity index (χ0v) is 12.6. The fraction of sp³-hybridized carbons (Fsp3) is 0.600. The number of hydrogen-bond acceptors (Lipinski definition) is 5. The van der Waals surface area contributed by atoms with E-state index in [0.717, 1.165) is 19.7 Å². The van der Waals surface area contributed by atoms with Gasteiger partial charge < -0.3 is 15.0 Å². The summed E-state index contributed by atoms with van der Waals surface area (Å²) in [6, 6.07) is 3.92. The first-order valence-electron chi connectivity index (χ1n) is 7.39. The molecule has 1 N–H and O–H groups in total. The van der Waals surface area contributed by atoms with Crippen LogP contribution in [0.3, 0.4) is 0 Å². The summed E-state index contributed by atoms with van der Waals surface area (Å²) < 4.78 is 5.71. The molecule has 21 heavy (non-hydrogen) atoms. The van der Waals surface area contributed by atoms with E-state index in [4.69, 9.17) is 4.74 Å². The predicted octanol–water partition coefficient (Wildman–Crippen LogP) is 0.526. The molecule has 3 heterocycles. The van der Waals surface area contributed by atoms with Gasteiger partial charge in [0.05, 0.1) is 24.8 Å². The monoisotopic (exact) mass is 290 g/mol. The van der Waals surface area contributed by atoms with Crippen molar-refractivity contribution < 1.29 is 9.53 Å². The van der Waals surface area contributed by atoms with Crippen molar-refractivity contribution >= 4 is 11.7 Å². The van der Waals surface area contributed by atoms with E-state index in [1.165, 1.54) is 0 Å². The maximum atomic E-state index is 12.9. The van der Waals surface area contributed by atoms with Crippen molar-refractivity contribution in [3.05, 3.63) is 23.9 Å². The van der Waals surface area contributed by atoms with E-state index in [2.05, 4.69) is 22.2 Å². The van der Waals surface area contributed by atoms with Crippen molar-refractivity contribution in [1.29, 1.82) is 0 Å². The number of anilines is 1. The Morgan fingerprint density at radius 3 is 3.05 bits per heavy atom. The third-order valence-corrected chi connectivity index (χ3v) is 4.31. The minimum absolute atomic E-state index is 0.0552. The standard InChI is InChI=1S/C15H22N4O2/c1-16-14-13(4-3-5-17-14)15(20)19-7-11-6-18(2)12(8-19)10-21-9-11/h3-5,11-12H,6-10H2,1-2H3,(H,16,17)/t11-,12+/m1/s1. The summed E-state index contributed by atoms with van der Waals surface area (Å²) in [6.45, 7) is 3.88. The Labute approximate surface area is 125 Å². The largest absolute Gasteiger partial charge is 0.379 e. The van der Waals surface area contributed by atoms with Crippen LogP contribution in [0.5, 0.6) is 0 Å². The Morgan fingerprint density at radius 1 is 1.38 bits per heavy atom. The molecule has 0 saturated carbocycles. The Balaban J connectivity index is 1.84. The molecule has 3 rings (SSSR count). The molecule has 0 spiro atoms. The second-order valence-electron chi connectivity index (χ2n) is 5.86. The highest BCUT2D eigenvalue weighted by atomic mass is 16.5. The third kappa shape index (κ3) is 2.87. The minimum Gasteiger partial charge on any atom is -0.379 e. The highest BCUT2D eigenvalue weighted by Crippen LogP contribution is 2.21. The molecule has 6 heteroatoms. The van der Waals surface area contributed by atoms with Crippen LogP contribution >= 0.6 is 0 Å². The van der Waals surface area contributed by atoms with Crippen LogP contribution < -0.4 is 5.32 Å². The number of ether oxygens (including phenoxy) is 1. The Hall–Kier alpha value is -1.66. The first-order chi connectivity index (χ1) is 10.2. The van der Waals surface area contributed by atoms with Gasteiger partial charge in [0.2, 0.25) is 0 Å². The van der Waals surface area contributed by atoms with E-state index in [1.54, 1.807) is 13.2 Å². The van der Waals surface area contributed by atoms with Gasteiger partial charge in [0.1, 0.15) is 5.82 Å². The van der Waals surface area contributed by atoms with Crippen molar-refractivity contribution in [3.63, 3.8) is 0 Å². The van der Waals surface area contributed by atoms with Crippen molar-refractivity contribution in [3.8, 4) is 0 Å². The zero-order valence-electron chi connectivity index (χ0n) is 12.6. The number of rotatable bonds is 2. The maximum absolute atomic E-state index is 12.9. The lowest BCUT2D eigenvalue weighted by atomic mass is 10.1. The van der Waals surface area contributed by atoms with Crippen LogP contribution in [0.2, 0.25) is 0 Å². The van der Waals surface area contributed by atoms with Gasteiger partial charge in [-0.2, -0.15) is 0 Å². The summed E-state index contributed by atoms with van der Waals surface area (Å²) in [5.41, 5.74) is 0.642. The van der Waals surface area contributed by atoms with Crippen LogP contribution in [0.25, 0.3) is 0 Å². The van der Waals surface area contributed by atoms with Crippen LogP contribution in [0.15, 0.2) is 18.3 Å². The molecule has 2 fully saturated rings. The molecule has 1 aromatic rings. The molecule has 2 aliphatic rings. The Bertz CT molecular complexity index is 522. The van der Waals surface area contributed by atoms with Gasteiger partial charge in [-0.1, -0.05) is 0 Å². The number of carbonyl (C=O) groups excluding carboxylic acids is 1. The van der Waals surface area contributed by atoms with E-state index in [-0.39, 0.29) is 11.9 Å². The molecule has 2 aliphatic heterocycles. The van der Waals surface area contributed by atoms with Gasteiger partial charge in [-0.3, -0.25) is 9.69 Å². The number of nitrogens with one attached hydrogen (secondary N) is 1. The Morgan fingerprint density at radius 2 is 2.24 bits per heavy atom. The van der Waals surface area contributed by atoms with E-state index < -0.39 is 0 Å². The highest BCUT2D eigenvalue weighted by molar-refractivity contribution is 5.98. The van der Waals surface area contributed by atoms with Crippen molar-refractivity contribution in [2.24, 2.45) is 5.92 Å². The smallest absolute Gasteiger partial charge is 0.257 e. The molecule has 1 aromatic heterocycles. The molecule has 2 bridgehead atoms. The number of amides is 1. The van der Waals surface area contributed by atoms with Crippen LogP contribution in [-0.2, 0) is 4.74 Å². The molecule has 0 radical (unpaired) electrons. The summed E-state index contributed by atoms with van der Waals surface area (Å²) in [4.78, 5) is 21.4. The number of likely N-dealkylation sites (N-methyl/N-ethyl adjacent to an activating group) is 1. The molecular weight excluding hydrogens is 268 g/mol. The van der Waals surface area contributed by atoms with Gasteiger partial charge in [0.15, 0.2) is 0 Å². The molecule has 2 saturated heterocycles. The van der Waals surface area contributed by atoms with Gasteiger partial charge in [-0.05, 0) is 19.2 Å². The lowest BCUT2D eigenvalue weighted by Gasteiger charge is -2.30. The number of fused-ring (bicyclic) bond motifs is 3. The molecule has 114 valence electrons.